The first-order chi connectivity index (χ1) is 8.15. The van der Waals surface area contributed by atoms with Gasteiger partial charge in [-0.2, -0.15) is 5.26 Å². The molecule has 84 valence electrons. The van der Waals surface area contributed by atoms with Crippen molar-refractivity contribution in [3.63, 3.8) is 0 Å². The Morgan fingerprint density at radius 2 is 1.76 bits per heavy atom. The third-order valence-electron chi connectivity index (χ3n) is 2.35. The molecule has 0 N–H and O–H groups in total. The normalized spacial score (nSPS) is 10.0. The van der Waals surface area contributed by atoms with E-state index < -0.39 is 11.6 Å². The molecule has 0 amide bonds. The van der Waals surface area contributed by atoms with Crippen molar-refractivity contribution >= 4 is 11.6 Å². The Bertz CT molecular complexity index is 617. The lowest BCUT2D eigenvalue weighted by Crippen LogP contribution is -1.93. The van der Waals surface area contributed by atoms with Gasteiger partial charge in [-0.05, 0) is 18.2 Å². The highest BCUT2D eigenvalue weighted by atomic mass is 35.5. The second-order valence-electron chi connectivity index (χ2n) is 3.38. The molecule has 2 rings (SSSR count). The summed E-state index contributed by atoms with van der Waals surface area (Å²) in [4.78, 5) is 0. The molecule has 0 aliphatic heterocycles. The highest BCUT2D eigenvalue weighted by molar-refractivity contribution is 6.31. The Balaban J connectivity index is 2.78. The van der Waals surface area contributed by atoms with E-state index in [4.69, 9.17) is 16.9 Å². The standard InChI is InChI=1S/C13H6ClF2N/c14-10-5-2-4-9(13(10)16)12-8(7-17)3-1-6-11(12)15/h1-6H. The molecule has 0 fully saturated rings. The maximum absolute atomic E-state index is 13.8. The first kappa shape index (κ1) is 11.6. The molecule has 1 nitrogen and oxygen atoms in total. The van der Waals surface area contributed by atoms with Crippen molar-refractivity contribution in [2.75, 3.05) is 0 Å². The fourth-order valence-electron chi connectivity index (χ4n) is 1.59. The quantitative estimate of drug-likeness (QED) is 0.745. The zero-order valence-electron chi connectivity index (χ0n) is 8.55. The average molecular weight is 250 g/mol. The van der Waals surface area contributed by atoms with Crippen LogP contribution in [0.15, 0.2) is 36.4 Å². The zero-order chi connectivity index (χ0) is 12.4. The van der Waals surface area contributed by atoms with Crippen LogP contribution in [0.4, 0.5) is 8.78 Å². The third kappa shape index (κ3) is 2.00. The van der Waals surface area contributed by atoms with Gasteiger partial charge >= 0.3 is 0 Å². The number of nitriles is 1. The molecule has 0 aliphatic rings. The molecule has 17 heavy (non-hydrogen) atoms. The second-order valence-corrected chi connectivity index (χ2v) is 3.78. The number of hydrogen-bond donors (Lipinski definition) is 0. The fraction of sp³-hybridized carbons (Fsp3) is 0. The average Bonchev–Trinajstić information content (AvgIpc) is 2.33. The van der Waals surface area contributed by atoms with Crippen molar-refractivity contribution in [3.05, 3.63) is 58.6 Å². The van der Waals surface area contributed by atoms with Crippen LogP contribution < -0.4 is 0 Å². The fourth-order valence-corrected chi connectivity index (χ4v) is 1.76. The van der Waals surface area contributed by atoms with E-state index in [0.29, 0.717) is 0 Å². The lowest BCUT2D eigenvalue weighted by Gasteiger charge is -2.07. The van der Waals surface area contributed by atoms with Crippen molar-refractivity contribution in [2.24, 2.45) is 0 Å². The Labute approximate surface area is 102 Å². The summed E-state index contributed by atoms with van der Waals surface area (Å²) in [5, 5.41) is 8.79. The molecular formula is C13H6ClF2N. The van der Waals surface area contributed by atoms with Crippen LogP contribution in [0.25, 0.3) is 11.1 Å². The first-order valence-electron chi connectivity index (χ1n) is 4.78. The van der Waals surface area contributed by atoms with E-state index in [0.717, 1.165) is 0 Å². The van der Waals surface area contributed by atoms with E-state index in [1.54, 1.807) is 0 Å². The maximum atomic E-state index is 13.8. The number of rotatable bonds is 1. The van der Waals surface area contributed by atoms with E-state index in [9.17, 15) is 8.78 Å². The minimum atomic E-state index is -0.726. The highest BCUT2D eigenvalue weighted by Crippen LogP contribution is 2.31. The summed E-state index contributed by atoms with van der Waals surface area (Å²) < 4.78 is 27.4. The topological polar surface area (TPSA) is 23.8 Å². The Kier molecular flexibility index (Phi) is 3.08. The van der Waals surface area contributed by atoms with E-state index in [1.165, 1.54) is 36.4 Å². The van der Waals surface area contributed by atoms with Crippen molar-refractivity contribution in [2.45, 2.75) is 0 Å². The van der Waals surface area contributed by atoms with Gasteiger partial charge in [-0.1, -0.05) is 29.8 Å². The Morgan fingerprint density at radius 1 is 1.06 bits per heavy atom. The molecule has 0 saturated carbocycles. The van der Waals surface area contributed by atoms with Gasteiger partial charge in [0.05, 0.1) is 16.7 Å². The summed E-state index contributed by atoms with van der Waals surface area (Å²) in [7, 11) is 0. The molecule has 0 bridgehead atoms. The monoisotopic (exact) mass is 249 g/mol. The molecule has 0 spiro atoms. The number of nitrogens with zero attached hydrogens (tertiary/aromatic N) is 1. The number of halogens is 3. The summed E-state index contributed by atoms with van der Waals surface area (Å²) in [6.45, 7) is 0. The molecule has 0 atom stereocenters. The first-order valence-corrected chi connectivity index (χ1v) is 5.16. The lowest BCUT2D eigenvalue weighted by atomic mass is 9.99. The van der Waals surface area contributed by atoms with Gasteiger partial charge in [-0.25, -0.2) is 8.78 Å². The summed E-state index contributed by atoms with van der Waals surface area (Å²) >= 11 is 5.63. The van der Waals surface area contributed by atoms with Gasteiger partial charge in [0.2, 0.25) is 0 Å². The van der Waals surface area contributed by atoms with Crippen molar-refractivity contribution in [1.29, 1.82) is 5.26 Å². The molecular weight excluding hydrogens is 244 g/mol. The molecule has 0 heterocycles. The van der Waals surface area contributed by atoms with E-state index in [2.05, 4.69) is 0 Å². The number of hydrogen-bond acceptors (Lipinski definition) is 1. The second kappa shape index (κ2) is 4.52. The Hall–Kier alpha value is -1.92. The van der Waals surface area contributed by atoms with Crippen LogP contribution in [0, 0.1) is 23.0 Å². The van der Waals surface area contributed by atoms with Gasteiger partial charge in [0.1, 0.15) is 11.6 Å². The van der Waals surface area contributed by atoms with Crippen LogP contribution in [-0.4, -0.2) is 0 Å². The third-order valence-corrected chi connectivity index (χ3v) is 2.65. The van der Waals surface area contributed by atoms with Crippen LogP contribution >= 0.6 is 11.6 Å². The zero-order valence-corrected chi connectivity index (χ0v) is 9.30. The summed E-state index contributed by atoms with van der Waals surface area (Å²) in [6.07, 6.45) is 0. The van der Waals surface area contributed by atoms with Gasteiger partial charge < -0.3 is 0 Å². The molecule has 0 aliphatic carbocycles. The number of benzene rings is 2. The SMILES string of the molecule is N#Cc1cccc(F)c1-c1cccc(Cl)c1F. The minimum Gasteiger partial charge on any atom is -0.206 e. The van der Waals surface area contributed by atoms with E-state index >= 15 is 0 Å². The minimum absolute atomic E-state index is 0.00727. The molecule has 2 aromatic carbocycles. The lowest BCUT2D eigenvalue weighted by molar-refractivity contribution is 0.616. The largest absolute Gasteiger partial charge is 0.206 e. The smallest absolute Gasteiger partial charge is 0.149 e. The van der Waals surface area contributed by atoms with Crippen LogP contribution in [0.3, 0.4) is 0 Å². The molecule has 2 aromatic rings. The van der Waals surface area contributed by atoms with Crippen molar-refractivity contribution in [3.8, 4) is 17.2 Å². The predicted octanol–water partition coefficient (Wildman–Crippen LogP) is 4.16. The molecule has 4 heteroatoms. The van der Waals surface area contributed by atoms with Gasteiger partial charge in [0, 0.05) is 11.1 Å². The van der Waals surface area contributed by atoms with Gasteiger partial charge in [0.25, 0.3) is 0 Å². The summed E-state index contributed by atoms with van der Waals surface area (Å²) in [6, 6.07) is 10.1. The molecule has 0 unspecified atom stereocenters. The van der Waals surface area contributed by atoms with E-state index in [-0.39, 0.29) is 21.7 Å². The predicted molar refractivity (Wildman–Crippen MR) is 61.5 cm³/mol. The van der Waals surface area contributed by atoms with Crippen LogP contribution in [0.1, 0.15) is 5.56 Å². The van der Waals surface area contributed by atoms with Gasteiger partial charge in [0.15, 0.2) is 0 Å². The molecule has 0 saturated heterocycles. The summed E-state index contributed by atoms with van der Waals surface area (Å²) in [5.41, 5.74) is 0.00770. The summed E-state index contributed by atoms with van der Waals surface area (Å²) in [5.74, 6) is -1.37. The molecule has 0 aromatic heterocycles. The maximum Gasteiger partial charge on any atom is 0.149 e. The van der Waals surface area contributed by atoms with Crippen molar-refractivity contribution < 1.29 is 8.78 Å². The van der Waals surface area contributed by atoms with Crippen LogP contribution in [0.5, 0.6) is 0 Å². The molecule has 0 radical (unpaired) electrons. The van der Waals surface area contributed by atoms with Crippen molar-refractivity contribution in [1.82, 2.24) is 0 Å². The highest BCUT2D eigenvalue weighted by Gasteiger charge is 2.16. The van der Waals surface area contributed by atoms with Crippen LogP contribution in [0.2, 0.25) is 5.02 Å². The van der Waals surface area contributed by atoms with E-state index in [1.807, 2.05) is 6.07 Å². The van der Waals surface area contributed by atoms with Gasteiger partial charge in [-0.15, -0.1) is 0 Å². The van der Waals surface area contributed by atoms with Crippen LogP contribution in [-0.2, 0) is 0 Å². The Morgan fingerprint density at radius 3 is 2.47 bits per heavy atom. The van der Waals surface area contributed by atoms with Gasteiger partial charge in [-0.3, -0.25) is 0 Å².